The predicted octanol–water partition coefficient (Wildman–Crippen LogP) is 3.57. The number of benzene rings is 1. The third-order valence-corrected chi connectivity index (χ3v) is 4.49. The minimum atomic E-state index is -0.230. The maximum atomic E-state index is 13.3. The van der Waals surface area contributed by atoms with E-state index in [2.05, 4.69) is 4.90 Å². The molecule has 0 amide bonds. The quantitative estimate of drug-likeness (QED) is 0.770. The topological polar surface area (TPSA) is 29.3 Å². The lowest BCUT2D eigenvalue weighted by molar-refractivity contribution is 0.180. The van der Waals surface area contributed by atoms with Crippen LogP contribution in [-0.4, -0.2) is 13.1 Å². The normalized spacial score (nSPS) is 22.6. The Kier molecular flexibility index (Phi) is 2.92. The van der Waals surface area contributed by atoms with E-state index >= 15 is 0 Å². The Morgan fingerprint density at radius 2 is 1.67 bits per heavy atom. The van der Waals surface area contributed by atoms with Crippen molar-refractivity contribution in [3.8, 4) is 0 Å². The van der Waals surface area contributed by atoms with Crippen LogP contribution in [0.3, 0.4) is 0 Å². The van der Waals surface area contributed by atoms with Gasteiger partial charge in [0.2, 0.25) is 0 Å². The van der Waals surface area contributed by atoms with Crippen LogP contribution in [0, 0.1) is 11.2 Å². The van der Waals surface area contributed by atoms with Crippen molar-refractivity contribution in [3.05, 3.63) is 24.0 Å². The molecule has 1 aliphatic carbocycles. The van der Waals surface area contributed by atoms with Crippen LogP contribution in [-0.2, 0) is 0 Å². The molecule has 0 radical (unpaired) electrons. The van der Waals surface area contributed by atoms with E-state index in [9.17, 15) is 4.39 Å². The van der Waals surface area contributed by atoms with Crippen molar-refractivity contribution in [1.29, 1.82) is 0 Å². The molecule has 0 bridgehead atoms. The molecule has 1 aliphatic heterocycles. The molecule has 3 heteroatoms. The summed E-state index contributed by atoms with van der Waals surface area (Å²) >= 11 is 0. The number of halogens is 1. The van der Waals surface area contributed by atoms with E-state index in [1.54, 1.807) is 6.07 Å². The van der Waals surface area contributed by atoms with Crippen molar-refractivity contribution in [2.75, 3.05) is 23.7 Å². The summed E-state index contributed by atoms with van der Waals surface area (Å²) in [4.78, 5) is 2.27. The van der Waals surface area contributed by atoms with Gasteiger partial charge in [-0.2, -0.15) is 0 Å². The maximum absolute atomic E-state index is 13.3. The summed E-state index contributed by atoms with van der Waals surface area (Å²) in [7, 11) is 0. The van der Waals surface area contributed by atoms with Gasteiger partial charge < -0.3 is 10.6 Å². The molecule has 1 heterocycles. The fraction of sp³-hybridized carbons (Fsp3) is 0.600. The Balaban J connectivity index is 1.70. The van der Waals surface area contributed by atoms with Crippen LogP contribution in [0.15, 0.2) is 18.2 Å². The minimum Gasteiger partial charge on any atom is -0.399 e. The molecular formula is C15H21FN2. The monoisotopic (exact) mass is 248 g/mol. The van der Waals surface area contributed by atoms with E-state index in [4.69, 9.17) is 5.73 Å². The second-order valence-corrected chi connectivity index (χ2v) is 6.01. The van der Waals surface area contributed by atoms with Gasteiger partial charge >= 0.3 is 0 Å². The summed E-state index contributed by atoms with van der Waals surface area (Å²) in [6.45, 7) is 2.16. The summed E-state index contributed by atoms with van der Waals surface area (Å²) in [5.74, 6) is -0.230. The highest BCUT2D eigenvalue weighted by atomic mass is 19.1. The summed E-state index contributed by atoms with van der Waals surface area (Å²) in [6.07, 6.45) is 8.17. The number of hydrogen-bond donors (Lipinski definition) is 1. The molecule has 2 N–H and O–H groups in total. The molecule has 0 atom stereocenters. The standard InChI is InChI=1S/C15H21FN2/c16-12-7-13(17)9-14(8-12)18-10-15(11-18)5-3-1-2-4-6-15/h7-9H,1-6,10-11,17H2. The molecule has 1 aromatic rings. The molecule has 1 spiro atoms. The lowest BCUT2D eigenvalue weighted by Gasteiger charge is -2.51. The molecule has 2 nitrogen and oxygen atoms in total. The highest BCUT2D eigenvalue weighted by Gasteiger charge is 2.42. The van der Waals surface area contributed by atoms with Crippen molar-refractivity contribution in [3.63, 3.8) is 0 Å². The number of nitrogen functional groups attached to an aromatic ring is 1. The third-order valence-electron chi connectivity index (χ3n) is 4.49. The molecular weight excluding hydrogens is 227 g/mol. The average Bonchev–Trinajstić information content (AvgIpc) is 2.50. The molecule has 98 valence electrons. The van der Waals surface area contributed by atoms with Crippen LogP contribution in [0.5, 0.6) is 0 Å². The van der Waals surface area contributed by atoms with E-state index < -0.39 is 0 Å². The Morgan fingerprint density at radius 3 is 2.28 bits per heavy atom. The molecule has 18 heavy (non-hydrogen) atoms. The number of hydrogen-bond acceptors (Lipinski definition) is 2. The molecule has 0 unspecified atom stereocenters. The Labute approximate surface area is 108 Å². The SMILES string of the molecule is Nc1cc(F)cc(N2CC3(CCCCCC3)C2)c1. The largest absolute Gasteiger partial charge is 0.399 e. The smallest absolute Gasteiger partial charge is 0.127 e. The van der Waals surface area contributed by atoms with Crippen LogP contribution in [0.4, 0.5) is 15.8 Å². The van der Waals surface area contributed by atoms with Gasteiger partial charge in [-0.15, -0.1) is 0 Å². The van der Waals surface area contributed by atoms with Gasteiger partial charge in [0.05, 0.1) is 0 Å². The van der Waals surface area contributed by atoms with Crippen molar-refractivity contribution in [2.45, 2.75) is 38.5 Å². The Hall–Kier alpha value is -1.25. The van der Waals surface area contributed by atoms with Gasteiger partial charge in [0.1, 0.15) is 5.82 Å². The molecule has 1 aromatic carbocycles. The van der Waals surface area contributed by atoms with Crippen molar-refractivity contribution in [2.24, 2.45) is 5.41 Å². The van der Waals surface area contributed by atoms with Crippen LogP contribution in [0.25, 0.3) is 0 Å². The van der Waals surface area contributed by atoms with E-state index in [0.717, 1.165) is 18.8 Å². The van der Waals surface area contributed by atoms with Crippen LogP contribution >= 0.6 is 0 Å². The molecule has 0 aromatic heterocycles. The number of nitrogens with two attached hydrogens (primary N) is 1. The lowest BCUT2D eigenvalue weighted by Crippen LogP contribution is -2.56. The van der Waals surface area contributed by atoms with E-state index in [1.165, 1.54) is 44.6 Å². The zero-order chi connectivity index (χ0) is 12.6. The third kappa shape index (κ3) is 2.18. The fourth-order valence-electron chi connectivity index (χ4n) is 3.52. The Morgan fingerprint density at radius 1 is 1.00 bits per heavy atom. The van der Waals surface area contributed by atoms with Gasteiger partial charge in [-0.05, 0) is 31.0 Å². The van der Waals surface area contributed by atoms with Gasteiger partial charge in [-0.25, -0.2) is 4.39 Å². The van der Waals surface area contributed by atoms with Gasteiger partial charge in [0.15, 0.2) is 0 Å². The van der Waals surface area contributed by atoms with Gasteiger partial charge in [0, 0.05) is 29.9 Å². The second-order valence-electron chi connectivity index (χ2n) is 6.01. The number of anilines is 2. The number of nitrogens with zero attached hydrogens (tertiary/aromatic N) is 1. The minimum absolute atomic E-state index is 0.230. The fourth-order valence-corrected chi connectivity index (χ4v) is 3.52. The second kappa shape index (κ2) is 4.45. The molecule has 1 saturated heterocycles. The van der Waals surface area contributed by atoms with Crippen molar-refractivity contribution >= 4 is 11.4 Å². The average molecular weight is 248 g/mol. The van der Waals surface area contributed by atoms with E-state index in [-0.39, 0.29) is 5.82 Å². The van der Waals surface area contributed by atoms with Crippen LogP contribution in [0.1, 0.15) is 38.5 Å². The van der Waals surface area contributed by atoms with Gasteiger partial charge in [-0.1, -0.05) is 25.7 Å². The first-order valence-electron chi connectivity index (χ1n) is 6.98. The molecule has 3 rings (SSSR count). The van der Waals surface area contributed by atoms with Crippen molar-refractivity contribution < 1.29 is 4.39 Å². The van der Waals surface area contributed by atoms with E-state index in [1.807, 2.05) is 6.07 Å². The van der Waals surface area contributed by atoms with Crippen LogP contribution < -0.4 is 10.6 Å². The number of rotatable bonds is 1. The van der Waals surface area contributed by atoms with Gasteiger partial charge in [0.25, 0.3) is 0 Å². The first-order chi connectivity index (χ1) is 8.67. The summed E-state index contributed by atoms with van der Waals surface area (Å²) in [5, 5.41) is 0. The molecule has 2 aliphatic rings. The molecule has 1 saturated carbocycles. The summed E-state index contributed by atoms with van der Waals surface area (Å²) < 4.78 is 13.3. The van der Waals surface area contributed by atoms with Gasteiger partial charge in [-0.3, -0.25) is 0 Å². The highest BCUT2D eigenvalue weighted by Crippen LogP contribution is 2.44. The Bertz CT molecular complexity index is 408. The van der Waals surface area contributed by atoms with Crippen LogP contribution in [0.2, 0.25) is 0 Å². The van der Waals surface area contributed by atoms with Crippen molar-refractivity contribution in [1.82, 2.24) is 0 Å². The predicted molar refractivity (Wildman–Crippen MR) is 73.2 cm³/mol. The molecule has 2 fully saturated rings. The first-order valence-corrected chi connectivity index (χ1v) is 6.98. The lowest BCUT2D eigenvalue weighted by atomic mass is 9.73. The first kappa shape index (κ1) is 11.8. The summed E-state index contributed by atoms with van der Waals surface area (Å²) in [5.41, 5.74) is 7.68. The van der Waals surface area contributed by atoms with E-state index in [0.29, 0.717) is 11.1 Å². The highest BCUT2D eigenvalue weighted by molar-refractivity contribution is 5.58. The maximum Gasteiger partial charge on any atom is 0.127 e. The summed E-state index contributed by atoms with van der Waals surface area (Å²) in [6, 6.07) is 4.86. The zero-order valence-electron chi connectivity index (χ0n) is 10.8. The zero-order valence-corrected chi connectivity index (χ0v) is 10.8.